The number of carbonyl (C=O) groups excluding carboxylic acids is 1. The van der Waals surface area contributed by atoms with Crippen molar-refractivity contribution in [2.24, 2.45) is 17.8 Å². The molecule has 0 radical (unpaired) electrons. The molecule has 2 atom stereocenters. The normalized spacial score (nSPS) is 23.7. The molecule has 0 bridgehead atoms. The first-order valence-corrected chi connectivity index (χ1v) is 6.17. The fourth-order valence-electron chi connectivity index (χ4n) is 2.26. The zero-order valence-corrected chi connectivity index (χ0v) is 10.5. The van der Waals surface area contributed by atoms with E-state index in [9.17, 15) is 4.79 Å². The minimum atomic E-state index is 0.152. The first-order chi connectivity index (χ1) is 7.02. The molecule has 1 fully saturated rings. The molecule has 0 aliphatic carbocycles. The summed E-state index contributed by atoms with van der Waals surface area (Å²) in [7, 11) is 0. The average molecular weight is 212 g/mol. The molecule has 88 valence electrons. The second-order valence-electron chi connectivity index (χ2n) is 5.28. The molecule has 1 saturated heterocycles. The highest BCUT2D eigenvalue weighted by Crippen LogP contribution is 2.27. The Bertz CT molecular complexity index is 203. The zero-order valence-electron chi connectivity index (χ0n) is 10.5. The molecule has 2 nitrogen and oxygen atoms in total. The van der Waals surface area contributed by atoms with E-state index in [1.165, 1.54) is 0 Å². The van der Waals surface area contributed by atoms with Gasteiger partial charge < -0.3 is 4.74 Å². The first-order valence-electron chi connectivity index (χ1n) is 6.17. The van der Waals surface area contributed by atoms with Gasteiger partial charge in [0.15, 0.2) is 0 Å². The van der Waals surface area contributed by atoms with Crippen LogP contribution in [-0.4, -0.2) is 18.5 Å². The van der Waals surface area contributed by atoms with Gasteiger partial charge in [-0.2, -0.15) is 0 Å². The molecule has 1 unspecified atom stereocenters. The quantitative estimate of drug-likeness (QED) is 0.700. The van der Waals surface area contributed by atoms with Crippen LogP contribution in [0.3, 0.4) is 0 Å². The maximum atomic E-state index is 12.0. The highest BCUT2D eigenvalue weighted by molar-refractivity contribution is 5.83. The van der Waals surface area contributed by atoms with E-state index in [2.05, 4.69) is 13.8 Å². The van der Waals surface area contributed by atoms with Gasteiger partial charge in [-0.15, -0.1) is 0 Å². The third-order valence-corrected chi connectivity index (χ3v) is 3.28. The number of carbonyl (C=O) groups is 1. The van der Waals surface area contributed by atoms with E-state index in [0.29, 0.717) is 17.8 Å². The predicted molar refractivity (Wildman–Crippen MR) is 61.8 cm³/mol. The van der Waals surface area contributed by atoms with E-state index in [0.717, 1.165) is 25.9 Å². The van der Waals surface area contributed by atoms with Gasteiger partial charge in [-0.05, 0) is 25.2 Å². The van der Waals surface area contributed by atoms with Crippen LogP contribution in [-0.2, 0) is 9.53 Å². The summed E-state index contributed by atoms with van der Waals surface area (Å²) in [5.41, 5.74) is 0. The van der Waals surface area contributed by atoms with E-state index in [1.54, 1.807) is 0 Å². The number of hydrogen-bond acceptors (Lipinski definition) is 2. The lowest BCUT2D eigenvalue weighted by molar-refractivity contribution is -0.128. The summed E-state index contributed by atoms with van der Waals surface area (Å²) in [5, 5.41) is 0. The molecule has 2 heteroatoms. The van der Waals surface area contributed by atoms with Crippen molar-refractivity contribution < 1.29 is 9.53 Å². The molecule has 0 saturated carbocycles. The van der Waals surface area contributed by atoms with Crippen molar-refractivity contribution in [2.75, 3.05) is 6.61 Å². The van der Waals surface area contributed by atoms with Crippen LogP contribution in [0, 0.1) is 17.8 Å². The van der Waals surface area contributed by atoms with Gasteiger partial charge in [0.1, 0.15) is 5.78 Å². The van der Waals surface area contributed by atoms with Crippen LogP contribution in [0.5, 0.6) is 0 Å². The van der Waals surface area contributed by atoms with Crippen molar-refractivity contribution in [2.45, 2.75) is 53.1 Å². The second-order valence-corrected chi connectivity index (χ2v) is 5.28. The standard InChI is InChI=1S/C13H24O2/c1-9(2)12(13(14)10(3)4)8-11-6-5-7-15-11/h9-12H,5-8H2,1-4H3/t11-,12?/m0/s1. The molecule has 15 heavy (non-hydrogen) atoms. The van der Waals surface area contributed by atoms with Gasteiger partial charge in [0, 0.05) is 18.4 Å². The Morgan fingerprint density at radius 3 is 2.40 bits per heavy atom. The molecule has 0 aromatic rings. The lowest BCUT2D eigenvalue weighted by atomic mass is 9.82. The summed E-state index contributed by atoms with van der Waals surface area (Å²) in [6.45, 7) is 9.14. The Morgan fingerprint density at radius 2 is 2.00 bits per heavy atom. The topological polar surface area (TPSA) is 26.3 Å². The van der Waals surface area contributed by atoms with Crippen molar-refractivity contribution in [1.29, 1.82) is 0 Å². The van der Waals surface area contributed by atoms with Crippen LogP contribution in [0.4, 0.5) is 0 Å². The fraction of sp³-hybridized carbons (Fsp3) is 0.923. The maximum absolute atomic E-state index is 12.0. The Hall–Kier alpha value is -0.370. The van der Waals surface area contributed by atoms with Gasteiger partial charge in [-0.3, -0.25) is 4.79 Å². The van der Waals surface area contributed by atoms with Crippen LogP contribution >= 0.6 is 0 Å². The van der Waals surface area contributed by atoms with Crippen molar-refractivity contribution >= 4 is 5.78 Å². The Kier molecular flexibility index (Phi) is 4.78. The summed E-state index contributed by atoms with van der Waals surface area (Å²) in [4.78, 5) is 12.0. The van der Waals surface area contributed by atoms with E-state index in [1.807, 2.05) is 13.8 Å². The van der Waals surface area contributed by atoms with Crippen LogP contribution in [0.1, 0.15) is 47.0 Å². The zero-order chi connectivity index (χ0) is 11.4. The smallest absolute Gasteiger partial charge is 0.138 e. The summed E-state index contributed by atoms with van der Waals surface area (Å²) >= 11 is 0. The number of hydrogen-bond donors (Lipinski definition) is 0. The third-order valence-electron chi connectivity index (χ3n) is 3.28. The molecule has 0 N–H and O–H groups in total. The molecular formula is C13H24O2. The monoisotopic (exact) mass is 212 g/mol. The average Bonchev–Trinajstić information content (AvgIpc) is 2.64. The van der Waals surface area contributed by atoms with Crippen molar-refractivity contribution in [3.63, 3.8) is 0 Å². The molecule has 1 heterocycles. The summed E-state index contributed by atoms with van der Waals surface area (Å²) in [6, 6.07) is 0. The van der Waals surface area contributed by atoms with E-state index in [-0.39, 0.29) is 11.8 Å². The van der Waals surface area contributed by atoms with Crippen molar-refractivity contribution in [3.05, 3.63) is 0 Å². The number of Topliss-reactive ketones (excluding diaryl/α,β-unsaturated/α-hetero) is 1. The molecule has 0 spiro atoms. The van der Waals surface area contributed by atoms with E-state index in [4.69, 9.17) is 4.74 Å². The highest BCUT2D eigenvalue weighted by atomic mass is 16.5. The molecule has 0 aromatic heterocycles. The van der Waals surface area contributed by atoms with Gasteiger partial charge in [0.05, 0.1) is 6.10 Å². The van der Waals surface area contributed by atoms with Gasteiger partial charge in [0.2, 0.25) is 0 Å². The Morgan fingerprint density at radius 1 is 1.33 bits per heavy atom. The Balaban J connectivity index is 2.53. The number of ether oxygens (including phenoxy) is 1. The maximum Gasteiger partial charge on any atom is 0.138 e. The molecule has 1 aliphatic heterocycles. The lowest BCUT2D eigenvalue weighted by Gasteiger charge is -2.24. The molecular weight excluding hydrogens is 188 g/mol. The van der Waals surface area contributed by atoms with Crippen LogP contribution in [0.25, 0.3) is 0 Å². The van der Waals surface area contributed by atoms with Gasteiger partial charge in [-0.1, -0.05) is 27.7 Å². The van der Waals surface area contributed by atoms with Gasteiger partial charge in [0.25, 0.3) is 0 Å². The minimum Gasteiger partial charge on any atom is -0.378 e. The largest absolute Gasteiger partial charge is 0.378 e. The minimum absolute atomic E-state index is 0.152. The first kappa shape index (κ1) is 12.7. The Labute approximate surface area is 93.4 Å². The fourth-order valence-corrected chi connectivity index (χ4v) is 2.26. The second kappa shape index (κ2) is 5.64. The van der Waals surface area contributed by atoms with Gasteiger partial charge in [-0.25, -0.2) is 0 Å². The van der Waals surface area contributed by atoms with E-state index < -0.39 is 0 Å². The predicted octanol–water partition coefficient (Wildman–Crippen LogP) is 3.05. The summed E-state index contributed by atoms with van der Waals surface area (Å²) in [5.74, 6) is 1.18. The SMILES string of the molecule is CC(C)C(=O)C(C[C@@H]1CCCO1)C(C)C. The summed E-state index contributed by atoms with van der Waals surface area (Å²) in [6.07, 6.45) is 3.55. The van der Waals surface area contributed by atoms with Gasteiger partial charge >= 0.3 is 0 Å². The lowest BCUT2D eigenvalue weighted by Crippen LogP contribution is -2.28. The van der Waals surface area contributed by atoms with Crippen LogP contribution in [0.15, 0.2) is 0 Å². The van der Waals surface area contributed by atoms with E-state index >= 15 is 0 Å². The summed E-state index contributed by atoms with van der Waals surface area (Å²) < 4.78 is 5.61. The highest BCUT2D eigenvalue weighted by Gasteiger charge is 2.29. The third kappa shape index (κ3) is 3.60. The molecule has 0 amide bonds. The van der Waals surface area contributed by atoms with Crippen LogP contribution < -0.4 is 0 Å². The molecule has 1 rings (SSSR count). The van der Waals surface area contributed by atoms with Crippen molar-refractivity contribution in [3.8, 4) is 0 Å². The molecule has 1 aliphatic rings. The van der Waals surface area contributed by atoms with Crippen molar-refractivity contribution in [1.82, 2.24) is 0 Å². The number of rotatable bonds is 5. The number of ketones is 1. The molecule has 0 aromatic carbocycles. The van der Waals surface area contributed by atoms with Crippen LogP contribution in [0.2, 0.25) is 0 Å².